The number of hydrogen-bond donors (Lipinski definition) is 1. The molecule has 0 saturated heterocycles. The Kier molecular flexibility index (Phi) is 10.4. The van der Waals surface area contributed by atoms with Gasteiger partial charge in [0.15, 0.2) is 29.3 Å². The molecule has 1 aliphatic heterocycles. The lowest BCUT2D eigenvalue weighted by Crippen LogP contribution is -2.22. The lowest BCUT2D eigenvalue weighted by atomic mass is 10.1. The summed E-state index contributed by atoms with van der Waals surface area (Å²) in [5.74, 6) is -14.1. The Morgan fingerprint density at radius 3 is 1.83 bits per heavy atom. The predicted octanol–water partition coefficient (Wildman–Crippen LogP) is 3.71. The van der Waals surface area contributed by atoms with Crippen LogP contribution in [-0.4, -0.2) is 42.3 Å². The molecule has 1 aliphatic rings. The van der Waals surface area contributed by atoms with Crippen LogP contribution < -0.4 is 0 Å². The number of carbonyl (C=O) groups excluding carboxylic acids is 2. The molecule has 2 rings (SSSR count). The molecule has 0 aliphatic carbocycles. The highest BCUT2D eigenvalue weighted by molar-refractivity contribution is 6.07. The number of hydrogen-bond acceptors (Lipinski definition) is 5. The smallest absolute Gasteiger partial charge is 0.338 e. The molecule has 0 radical (unpaired) electrons. The number of ether oxygens (including phenoxy) is 1. The maximum Gasteiger partial charge on any atom is 0.338 e. The summed E-state index contributed by atoms with van der Waals surface area (Å²) in [5.41, 5.74) is -3.88. The van der Waals surface area contributed by atoms with E-state index in [0.29, 0.717) is 0 Å². The molecule has 1 heterocycles. The molecule has 1 unspecified atom stereocenters. The van der Waals surface area contributed by atoms with Crippen LogP contribution in [0.1, 0.15) is 37.8 Å². The zero-order chi connectivity index (χ0) is 23.0. The molecular formula is C16H15F8NO4. The predicted molar refractivity (Wildman–Crippen MR) is 82.8 cm³/mol. The Labute approximate surface area is 159 Å². The highest BCUT2D eigenvalue weighted by atomic mass is 19.3. The summed E-state index contributed by atoms with van der Waals surface area (Å²) in [6.45, 7) is 4.00. The summed E-state index contributed by atoms with van der Waals surface area (Å²) in [6, 6.07) is -1.92. The van der Waals surface area contributed by atoms with Crippen molar-refractivity contribution < 1.29 is 54.6 Å². The second kappa shape index (κ2) is 11.4. The number of aliphatic hydroxyl groups is 1. The number of cyclic esters (lactones) is 1. The summed E-state index contributed by atoms with van der Waals surface area (Å²) in [7, 11) is 1.00. The molecule has 164 valence electrons. The quantitative estimate of drug-likeness (QED) is 0.433. The Bertz CT molecular complexity index is 754. The SMILES string of the molecule is CC.CO.O=C(CC1N=C(c2c(F)c(F)c(C(F)F)c(F)c2F)OC1=O)C(F)F. The van der Waals surface area contributed by atoms with Crippen LogP contribution in [-0.2, 0) is 14.3 Å². The van der Waals surface area contributed by atoms with Crippen molar-refractivity contribution in [3.63, 3.8) is 0 Å². The Balaban J connectivity index is 0.00000184. The van der Waals surface area contributed by atoms with E-state index in [1.807, 2.05) is 13.8 Å². The molecule has 0 spiro atoms. The number of Topliss-reactive ketones (excluding diaryl/α,β-unsaturated/α-hetero) is 1. The molecule has 0 aromatic heterocycles. The second-order valence-electron chi connectivity index (χ2n) is 4.69. The van der Waals surface area contributed by atoms with Crippen molar-refractivity contribution in [3.05, 3.63) is 34.4 Å². The van der Waals surface area contributed by atoms with Crippen LogP contribution in [0.3, 0.4) is 0 Å². The number of benzene rings is 1. The van der Waals surface area contributed by atoms with Crippen LogP contribution in [0, 0.1) is 23.3 Å². The van der Waals surface area contributed by atoms with Gasteiger partial charge in [-0.25, -0.2) is 44.9 Å². The first-order chi connectivity index (χ1) is 13.6. The topological polar surface area (TPSA) is 76.0 Å². The highest BCUT2D eigenvalue weighted by Gasteiger charge is 2.39. The fourth-order valence-electron chi connectivity index (χ4n) is 1.94. The van der Waals surface area contributed by atoms with Crippen LogP contribution >= 0.6 is 0 Å². The van der Waals surface area contributed by atoms with Crippen molar-refractivity contribution in [1.82, 2.24) is 0 Å². The molecule has 1 atom stereocenters. The van der Waals surface area contributed by atoms with Gasteiger partial charge in [0.2, 0.25) is 11.7 Å². The van der Waals surface area contributed by atoms with Gasteiger partial charge in [-0.3, -0.25) is 4.79 Å². The van der Waals surface area contributed by atoms with Gasteiger partial charge >= 0.3 is 5.97 Å². The molecule has 0 bridgehead atoms. The third-order valence-electron chi connectivity index (χ3n) is 3.11. The Morgan fingerprint density at radius 1 is 1.00 bits per heavy atom. The van der Waals surface area contributed by atoms with Gasteiger partial charge in [0.25, 0.3) is 12.9 Å². The molecule has 5 nitrogen and oxygen atoms in total. The standard InChI is InChI=1S/C13H5F8NO3.C2H6.CH4O/c14-6-4(11(20)21)7(15)9(17)5(8(6)16)12-22-2(13(24)25-12)1-3(23)10(18)19;2*1-2/h2,10-11H,1H2;1-2H3;2H,1H3. The van der Waals surface area contributed by atoms with E-state index in [2.05, 4.69) is 9.73 Å². The molecule has 1 N–H and O–H groups in total. The van der Waals surface area contributed by atoms with Gasteiger partial charge in [-0.2, -0.15) is 0 Å². The second-order valence-corrected chi connectivity index (χ2v) is 4.69. The lowest BCUT2D eigenvalue weighted by molar-refractivity contribution is -0.138. The van der Waals surface area contributed by atoms with Gasteiger partial charge in [0, 0.05) is 13.5 Å². The zero-order valence-corrected chi connectivity index (χ0v) is 15.1. The third-order valence-corrected chi connectivity index (χ3v) is 3.11. The average molecular weight is 437 g/mol. The minimum absolute atomic E-state index is 1.00. The minimum Gasteiger partial charge on any atom is -0.405 e. The fraction of sp³-hybridized carbons (Fsp3) is 0.438. The number of halogens is 8. The summed E-state index contributed by atoms with van der Waals surface area (Å²) < 4.78 is 108. The third kappa shape index (κ3) is 5.71. The van der Waals surface area contributed by atoms with Crippen molar-refractivity contribution in [1.29, 1.82) is 0 Å². The number of aliphatic hydroxyl groups excluding tert-OH is 1. The molecule has 1 aromatic carbocycles. The lowest BCUT2D eigenvalue weighted by Gasteiger charge is -2.10. The number of aliphatic imine (C=N–C) groups is 1. The van der Waals surface area contributed by atoms with Gasteiger partial charge in [0.1, 0.15) is 5.56 Å². The fourth-order valence-corrected chi connectivity index (χ4v) is 1.94. The molecule has 0 fully saturated rings. The number of alkyl halides is 4. The maximum absolute atomic E-state index is 13.8. The first kappa shape index (κ1) is 26.4. The molecule has 1 aromatic rings. The van der Waals surface area contributed by atoms with Crippen LogP contribution in [0.15, 0.2) is 4.99 Å². The number of nitrogens with zero attached hydrogens (tertiary/aromatic N) is 1. The number of carbonyl (C=O) groups is 2. The molecule has 13 heteroatoms. The van der Waals surface area contributed by atoms with Gasteiger partial charge < -0.3 is 9.84 Å². The van der Waals surface area contributed by atoms with E-state index >= 15 is 0 Å². The Hall–Kier alpha value is -2.57. The van der Waals surface area contributed by atoms with Crippen LogP contribution in [0.4, 0.5) is 35.1 Å². The number of ketones is 1. The van der Waals surface area contributed by atoms with E-state index < -0.39 is 77.4 Å². The molecule has 0 amide bonds. The van der Waals surface area contributed by atoms with Crippen LogP contribution in [0.2, 0.25) is 0 Å². The van der Waals surface area contributed by atoms with Crippen molar-refractivity contribution >= 4 is 17.7 Å². The summed E-state index contributed by atoms with van der Waals surface area (Å²) in [5, 5.41) is 7.00. The summed E-state index contributed by atoms with van der Waals surface area (Å²) in [4.78, 5) is 25.4. The van der Waals surface area contributed by atoms with E-state index in [0.717, 1.165) is 7.11 Å². The zero-order valence-electron chi connectivity index (χ0n) is 15.1. The monoisotopic (exact) mass is 437 g/mol. The normalized spacial score (nSPS) is 15.3. The minimum atomic E-state index is -3.89. The van der Waals surface area contributed by atoms with Gasteiger partial charge in [0.05, 0.1) is 5.56 Å². The van der Waals surface area contributed by atoms with E-state index in [-0.39, 0.29) is 0 Å². The van der Waals surface area contributed by atoms with Gasteiger partial charge in [-0.05, 0) is 0 Å². The average Bonchev–Trinajstić information content (AvgIpc) is 3.03. The highest BCUT2D eigenvalue weighted by Crippen LogP contribution is 2.32. The van der Waals surface area contributed by atoms with Crippen LogP contribution in [0.5, 0.6) is 0 Å². The van der Waals surface area contributed by atoms with Gasteiger partial charge in [-0.1, -0.05) is 13.8 Å². The van der Waals surface area contributed by atoms with Crippen molar-refractivity contribution in [2.45, 2.75) is 39.2 Å². The molecule has 29 heavy (non-hydrogen) atoms. The first-order valence-corrected chi connectivity index (χ1v) is 7.75. The van der Waals surface area contributed by atoms with Crippen molar-refractivity contribution in [2.75, 3.05) is 7.11 Å². The Morgan fingerprint density at radius 2 is 1.45 bits per heavy atom. The van der Waals surface area contributed by atoms with E-state index in [9.17, 15) is 44.7 Å². The maximum atomic E-state index is 13.8. The summed E-state index contributed by atoms with van der Waals surface area (Å²) in [6.07, 6.45) is -8.54. The van der Waals surface area contributed by atoms with E-state index in [1.165, 1.54) is 0 Å². The van der Waals surface area contributed by atoms with E-state index in [1.54, 1.807) is 0 Å². The number of esters is 1. The molecule has 0 saturated carbocycles. The van der Waals surface area contributed by atoms with Crippen molar-refractivity contribution in [3.8, 4) is 0 Å². The largest absolute Gasteiger partial charge is 0.405 e. The van der Waals surface area contributed by atoms with Crippen LogP contribution in [0.25, 0.3) is 0 Å². The summed E-state index contributed by atoms with van der Waals surface area (Å²) >= 11 is 0. The molecular weight excluding hydrogens is 422 g/mol. The van der Waals surface area contributed by atoms with Gasteiger partial charge in [-0.15, -0.1) is 0 Å². The van der Waals surface area contributed by atoms with Crippen molar-refractivity contribution in [2.24, 2.45) is 4.99 Å². The number of rotatable bonds is 5. The first-order valence-electron chi connectivity index (χ1n) is 7.75. The van der Waals surface area contributed by atoms with E-state index in [4.69, 9.17) is 5.11 Å².